The minimum absolute atomic E-state index is 0.683. The molecule has 0 N–H and O–H groups in total. The lowest BCUT2D eigenvalue weighted by Gasteiger charge is -2.15. The van der Waals surface area contributed by atoms with Gasteiger partial charge in [0.2, 0.25) is 0 Å². The van der Waals surface area contributed by atoms with Gasteiger partial charge in [-0.1, -0.05) is 41.4 Å². The van der Waals surface area contributed by atoms with Crippen LogP contribution in [0.15, 0.2) is 24.3 Å². The zero-order valence-corrected chi connectivity index (χ0v) is 13.1. The van der Waals surface area contributed by atoms with Gasteiger partial charge in [0.1, 0.15) is 5.82 Å². The Morgan fingerprint density at radius 2 is 2.16 bits per heavy atom. The zero-order chi connectivity index (χ0) is 13.2. The minimum atomic E-state index is 0.683. The molecule has 2 atom stereocenters. The molecule has 1 heterocycles. The Morgan fingerprint density at radius 3 is 2.89 bits per heavy atom. The molecule has 1 saturated carbocycles. The van der Waals surface area contributed by atoms with Crippen molar-refractivity contribution in [2.75, 3.05) is 0 Å². The number of halogens is 1. The van der Waals surface area contributed by atoms with E-state index in [1.165, 1.54) is 30.6 Å². The molecule has 1 aliphatic rings. The maximum Gasteiger partial charge on any atom is 0.110 e. The lowest BCUT2D eigenvalue weighted by molar-refractivity contribution is 0.522. The summed E-state index contributed by atoms with van der Waals surface area (Å²) in [7, 11) is 0. The summed E-state index contributed by atoms with van der Waals surface area (Å²) in [6.07, 6.45) is 6.29. The molecule has 2 aromatic rings. The van der Waals surface area contributed by atoms with Gasteiger partial charge in [-0.3, -0.25) is 0 Å². The molecular weight excluding hydrogens is 300 g/mol. The second-order valence-corrected chi connectivity index (χ2v) is 6.76. The standard InChI is InChI=1S/C16H21BrN2/c1-2-10-19-15-9-4-3-8-14(15)18-16(19)11-12-6-5-7-13(12)17/h3-4,8-9,12-13H,2,5-7,10-11H2,1H3. The predicted molar refractivity (Wildman–Crippen MR) is 83.8 cm³/mol. The average Bonchev–Trinajstić information content (AvgIpc) is 2.96. The Balaban J connectivity index is 1.95. The van der Waals surface area contributed by atoms with Crippen LogP contribution in [0.25, 0.3) is 11.0 Å². The molecule has 1 aromatic carbocycles. The predicted octanol–water partition coefficient (Wildman–Crippen LogP) is 4.55. The summed E-state index contributed by atoms with van der Waals surface area (Å²) in [4.78, 5) is 5.55. The van der Waals surface area contributed by atoms with Crippen LogP contribution in [0.5, 0.6) is 0 Å². The monoisotopic (exact) mass is 320 g/mol. The van der Waals surface area contributed by atoms with Gasteiger partial charge in [0.25, 0.3) is 0 Å². The van der Waals surface area contributed by atoms with Gasteiger partial charge in [-0.15, -0.1) is 0 Å². The Labute approximate surface area is 123 Å². The largest absolute Gasteiger partial charge is 0.328 e. The van der Waals surface area contributed by atoms with Gasteiger partial charge >= 0.3 is 0 Å². The second kappa shape index (κ2) is 5.66. The number of aryl methyl sites for hydroxylation is 1. The van der Waals surface area contributed by atoms with E-state index in [0.29, 0.717) is 4.83 Å². The van der Waals surface area contributed by atoms with Crippen molar-refractivity contribution in [1.29, 1.82) is 0 Å². The molecular formula is C16H21BrN2. The third-order valence-corrected chi connectivity index (χ3v) is 5.40. The lowest BCUT2D eigenvalue weighted by Crippen LogP contribution is -2.14. The average molecular weight is 321 g/mol. The summed E-state index contributed by atoms with van der Waals surface area (Å²) in [5.74, 6) is 2.03. The van der Waals surface area contributed by atoms with Crippen molar-refractivity contribution in [2.45, 2.75) is 50.4 Å². The highest BCUT2D eigenvalue weighted by Crippen LogP contribution is 2.34. The van der Waals surface area contributed by atoms with Crippen molar-refractivity contribution in [3.05, 3.63) is 30.1 Å². The van der Waals surface area contributed by atoms with Gasteiger partial charge in [0.15, 0.2) is 0 Å². The molecule has 0 spiro atoms. The molecule has 0 amide bonds. The Hall–Kier alpha value is -0.830. The van der Waals surface area contributed by atoms with Crippen LogP contribution in [0.2, 0.25) is 0 Å². The summed E-state index contributed by atoms with van der Waals surface area (Å²) in [6, 6.07) is 8.52. The number of benzene rings is 1. The van der Waals surface area contributed by atoms with Gasteiger partial charge in [-0.05, 0) is 37.3 Å². The van der Waals surface area contributed by atoms with Gasteiger partial charge in [0, 0.05) is 17.8 Å². The molecule has 0 radical (unpaired) electrons. The summed E-state index contributed by atoms with van der Waals surface area (Å²) in [6.45, 7) is 3.32. The summed E-state index contributed by atoms with van der Waals surface area (Å²) in [5.41, 5.74) is 2.44. The fourth-order valence-corrected chi connectivity index (χ4v) is 3.99. The summed E-state index contributed by atoms with van der Waals surface area (Å²) in [5, 5.41) is 0. The van der Waals surface area contributed by atoms with Crippen molar-refractivity contribution in [3.8, 4) is 0 Å². The highest BCUT2D eigenvalue weighted by molar-refractivity contribution is 9.09. The van der Waals surface area contributed by atoms with Crippen LogP contribution in [0.4, 0.5) is 0 Å². The van der Waals surface area contributed by atoms with E-state index in [1.807, 2.05) is 0 Å². The number of hydrogen-bond donors (Lipinski definition) is 0. The van der Waals surface area contributed by atoms with Crippen LogP contribution in [0.1, 0.15) is 38.4 Å². The van der Waals surface area contributed by atoms with Crippen molar-refractivity contribution < 1.29 is 0 Å². The van der Waals surface area contributed by atoms with E-state index >= 15 is 0 Å². The molecule has 0 saturated heterocycles. The van der Waals surface area contributed by atoms with E-state index in [9.17, 15) is 0 Å². The van der Waals surface area contributed by atoms with E-state index in [2.05, 4.69) is 51.7 Å². The molecule has 2 nitrogen and oxygen atoms in total. The number of hydrogen-bond acceptors (Lipinski definition) is 1. The quantitative estimate of drug-likeness (QED) is 0.755. The molecule has 19 heavy (non-hydrogen) atoms. The first-order chi connectivity index (χ1) is 9.29. The van der Waals surface area contributed by atoms with E-state index < -0.39 is 0 Å². The first kappa shape index (κ1) is 13.2. The number of nitrogens with zero attached hydrogens (tertiary/aromatic N) is 2. The Bertz CT molecular complexity index is 561. The normalized spacial score (nSPS) is 23.3. The number of imidazole rings is 1. The number of para-hydroxylation sites is 2. The second-order valence-electron chi connectivity index (χ2n) is 5.58. The first-order valence-corrected chi connectivity index (χ1v) is 8.29. The molecule has 3 heteroatoms. The number of aromatic nitrogens is 2. The fraction of sp³-hybridized carbons (Fsp3) is 0.562. The van der Waals surface area contributed by atoms with Crippen LogP contribution >= 0.6 is 15.9 Å². The van der Waals surface area contributed by atoms with Gasteiger partial charge in [-0.25, -0.2) is 4.98 Å². The fourth-order valence-electron chi connectivity index (χ4n) is 3.21. The number of alkyl halides is 1. The van der Waals surface area contributed by atoms with E-state index in [0.717, 1.165) is 30.8 Å². The highest BCUT2D eigenvalue weighted by Gasteiger charge is 2.26. The van der Waals surface area contributed by atoms with Gasteiger partial charge < -0.3 is 4.57 Å². The van der Waals surface area contributed by atoms with Crippen molar-refractivity contribution in [1.82, 2.24) is 9.55 Å². The number of rotatable bonds is 4. The van der Waals surface area contributed by atoms with E-state index in [4.69, 9.17) is 4.98 Å². The lowest BCUT2D eigenvalue weighted by atomic mass is 10.0. The van der Waals surface area contributed by atoms with Crippen LogP contribution in [-0.4, -0.2) is 14.4 Å². The molecule has 3 rings (SSSR count). The van der Waals surface area contributed by atoms with Crippen LogP contribution in [0.3, 0.4) is 0 Å². The highest BCUT2D eigenvalue weighted by atomic mass is 79.9. The topological polar surface area (TPSA) is 17.8 Å². The maximum absolute atomic E-state index is 4.87. The molecule has 1 aromatic heterocycles. The SMILES string of the molecule is CCCn1c(CC2CCCC2Br)nc2ccccc21. The molecule has 102 valence electrons. The molecule has 1 aliphatic carbocycles. The maximum atomic E-state index is 4.87. The summed E-state index contributed by atoms with van der Waals surface area (Å²) >= 11 is 3.83. The molecule has 1 fully saturated rings. The van der Waals surface area contributed by atoms with E-state index in [1.54, 1.807) is 0 Å². The molecule has 2 unspecified atom stereocenters. The van der Waals surface area contributed by atoms with Crippen molar-refractivity contribution in [2.24, 2.45) is 5.92 Å². The summed E-state index contributed by atoms with van der Waals surface area (Å²) < 4.78 is 2.42. The van der Waals surface area contributed by atoms with Crippen molar-refractivity contribution in [3.63, 3.8) is 0 Å². The van der Waals surface area contributed by atoms with Gasteiger partial charge in [0.05, 0.1) is 11.0 Å². The van der Waals surface area contributed by atoms with Crippen molar-refractivity contribution >= 4 is 27.0 Å². The minimum Gasteiger partial charge on any atom is -0.328 e. The third-order valence-electron chi connectivity index (χ3n) is 4.19. The van der Waals surface area contributed by atoms with Gasteiger partial charge in [-0.2, -0.15) is 0 Å². The smallest absolute Gasteiger partial charge is 0.110 e. The molecule has 0 aliphatic heterocycles. The number of fused-ring (bicyclic) bond motifs is 1. The van der Waals surface area contributed by atoms with E-state index in [-0.39, 0.29) is 0 Å². The van der Waals surface area contributed by atoms with Crippen LogP contribution < -0.4 is 0 Å². The zero-order valence-electron chi connectivity index (χ0n) is 11.5. The van der Waals surface area contributed by atoms with Crippen LogP contribution in [0, 0.1) is 5.92 Å². The third kappa shape index (κ3) is 2.58. The first-order valence-electron chi connectivity index (χ1n) is 7.37. The molecule has 0 bridgehead atoms. The Morgan fingerprint density at radius 1 is 1.32 bits per heavy atom. The van der Waals surface area contributed by atoms with Crippen LogP contribution in [-0.2, 0) is 13.0 Å². The Kier molecular flexibility index (Phi) is 3.92.